The van der Waals surface area contributed by atoms with Crippen LogP contribution in [0.2, 0.25) is 0 Å². The van der Waals surface area contributed by atoms with E-state index < -0.39 is 23.3 Å². The zero-order valence-corrected chi connectivity index (χ0v) is 19.2. The standard InChI is InChI=1S/C22H41N3O4/c1-14(2)12-16(13-18(26)24-29)21(28)25(17-10-8-15(3)9-11-17)19(20(27)23-7)22(4,5)6/h14-17,19,29H,8-13H2,1-7H3,(H,23,27)(H,24,26)/t15?,16-,17?,19?/m0/s1. The summed E-state index contributed by atoms with van der Waals surface area (Å²) in [6.07, 6.45) is 4.19. The summed E-state index contributed by atoms with van der Waals surface area (Å²) < 4.78 is 0. The molecule has 7 heteroatoms. The predicted molar refractivity (Wildman–Crippen MR) is 113 cm³/mol. The van der Waals surface area contributed by atoms with Gasteiger partial charge in [0.2, 0.25) is 17.7 Å². The third kappa shape index (κ3) is 7.28. The van der Waals surface area contributed by atoms with Crippen molar-refractivity contribution >= 4 is 17.7 Å². The quantitative estimate of drug-likeness (QED) is 0.422. The van der Waals surface area contributed by atoms with E-state index in [9.17, 15) is 14.4 Å². The van der Waals surface area contributed by atoms with Crippen molar-refractivity contribution in [2.75, 3.05) is 7.05 Å². The maximum Gasteiger partial charge on any atom is 0.244 e. The van der Waals surface area contributed by atoms with E-state index >= 15 is 0 Å². The minimum atomic E-state index is -0.620. The molecular weight excluding hydrogens is 370 g/mol. The van der Waals surface area contributed by atoms with Gasteiger partial charge in [-0.2, -0.15) is 0 Å². The molecule has 1 fully saturated rings. The molecule has 3 N–H and O–H groups in total. The number of carbonyl (C=O) groups excluding carboxylic acids is 3. The lowest BCUT2D eigenvalue weighted by Crippen LogP contribution is -2.60. The summed E-state index contributed by atoms with van der Waals surface area (Å²) in [6, 6.07) is -0.641. The normalized spacial score (nSPS) is 22.0. The van der Waals surface area contributed by atoms with Gasteiger partial charge in [0.25, 0.3) is 0 Å². The minimum absolute atomic E-state index is 0.0212. The first-order valence-electron chi connectivity index (χ1n) is 10.9. The van der Waals surface area contributed by atoms with E-state index in [1.807, 2.05) is 34.6 Å². The van der Waals surface area contributed by atoms with Crippen molar-refractivity contribution in [3.8, 4) is 0 Å². The van der Waals surface area contributed by atoms with Crippen molar-refractivity contribution in [3.05, 3.63) is 0 Å². The Morgan fingerprint density at radius 2 is 1.66 bits per heavy atom. The number of hydroxylamine groups is 1. The van der Waals surface area contributed by atoms with Gasteiger partial charge in [0.1, 0.15) is 6.04 Å². The third-order valence-corrected chi connectivity index (χ3v) is 5.89. The molecule has 2 atom stereocenters. The molecule has 0 heterocycles. The van der Waals surface area contributed by atoms with Crippen molar-refractivity contribution in [3.63, 3.8) is 0 Å². The molecule has 0 saturated heterocycles. The van der Waals surface area contributed by atoms with Crippen LogP contribution in [0.5, 0.6) is 0 Å². The summed E-state index contributed by atoms with van der Waals surface area (Å²) in [6.45, 7) is 12.1. The fourth-order valence-corrected chi connectivity index (χ4v) is 4.43. The monoisotopic (exact) mass is 411 g/mol. The fraction of sp³-hybridized carbons (Fsp3) is 0.864. The van der Waals surface area contributed by atoms with E-state index in [1.165, 1.54) is 0 Å². The number of hydrogen-bond acceptors (Lipinski definition) is 4. The fourth-order valence-electron chi connectivity index (χ4n) is 4.43. The van der Waals surface area contributed by atoms with Crippen LogP contribution in [0, 0.1) is 23.2 Å². The molecule has 0 aromatic carbocycles. The van der Waals surface area contributed by atoms with Crippen LogP contribution >= 0.6 is 0 Å². The Labute approximate surface area is 175 Å². The second kappa shape index (κ2) is 11.0. The second-order valence-corrected chi connectivity index (χ2v) is 10.1. The summed E-state index contributed by atoms with van der Waals surface area (Å²) in [5.41, 5.74) is 1.19. The minimum Gasteiger partial charge on any atom is -0.357 e. The number of hydrogen-bond donors (Lipinski definition) is 3. The third-order valence-electron chi connectivity index (χ3n) is 5.89. The van der Waals surface area contributed by atoms with E-state index in [-0.39, 0.29) is 30.2 Å². The number of nitrogens with one attached hydrogen (secondary N) is 2. The molecule has 1 rings (SSSR count). The van der Waals surface area contributed by atoms with Gasteiger partial charge in [-0.3, -0.25) is 19.6 Å². The van der Waals surface area contributed by atoms with Gasteiger partial charge < -0.3 is 10.2 Å². The Balaban J connectivity index is 3.36. The van der Waals surface area contributed by atoms with Crippen LogP contribution in [0.1, 0.15) is 80.1 Å². The molecule has 3 amide bonds. The Morgan fingerprint density at radius 3 is 2.07 bits per heavy atom. The highest BCUT2D eigenvalue weighted by Crippen LogP contribution is 2.35. The smallest absolute Gasteiger partial charge is 0.244 e. The van der Waals surface area contributed by atoms with Gasteiger partial charge in [0.15, 0.2) is 0 Å². The number of amides is 3. The lowest BCUT2D eigenvalue weighted by atomic mass is 9.79. The van der Waals surface area contributed by atoms with Gasteiger partial charge in [0.05, 0.1) is 0 Å². The van der Waals surface area contributed by atoms with Crippen molar-refractivity contribution in [1.82, 2.24) is 15.7 Å². The topological polar surface area (TPSA) is 98.7 Å². The van der Waals surface area contributed by atoms with Crippen LogP contribution in [0.15, 0.2) is 0 Å². The molecule has 0 aromatic rings. The molecular formula is C22H41N3O4. The molecule has 0 spiro atoms. The molecule has 1 unspecified atom stereocenters. The number of rotatable bonds is 8. The largest absolute Gasteiger partial charge is 0.357 e. The molecule has 1 aliphatic carbocycles. The lowest BCUT2D eigenvalue weighted by Gasteiger charge is -2.46. The Bertz CT molecular complexity index is 563. The number of nitrogens with zero attached hydrogens (tertiary/aromatic N) is 1. The first-order chi connectivity index (χ1) is 13.4. The zero-order chi connectivity index (χ0) is 22.4. The Kier molecular flexibility index (Phi) is 9.59. The van der Waals surface area contributed by atoms with Gasteiger partial charge in [-0.15, -0.1) is 0 Å². The molecule has 1 aliphatic rings. The highest BCUT2D eigenvalue weighted by Gasteiger charge is 2.44. The van der Waals surface area contributed by atoms with Crippen molar-refractivity contribution < 1.29 is 19.6 Å². The van der Waals surface area contributed by atoms with E-state index in [0.717, 1.165) is 25.7 Å². The molecule has 0 bridgehead atoms. The van der Waals surface area contributed by atoms with Crippen LogP contribution in [0.4, 0.5) is 0 Å². The van der Waals surface area contributed by atoms with E-state index in [2.05, 4.69) is 12.2 Å². The second-order valence-electron chi connectivity index (χ2n) is 10.1. The Hall–Kier alpha value is -1.63. The average molecular weight is 412 g/mol. The predicted octanol–water partition coefficient (Wildman–Crippen LogP) is 3.11. The summed E-state index contributed by atoms with van der Waals surface area (Å²) in [4.78, 5) is 40.4. The van der Waals surface area contributed by atoms with Gasteiger partial charge in [-0.05, 0) is 49.4 Å². The zero-order valence-electron chi connectivity index (χ0n) is 19.2. The molecule has 7 nitrogen and oxygen atoms in total. The highest BCUT2D eigenvalue weighted by molar-refractivity contribution is 5.91. The first kappa shape index (κ1) is 25.4. The summed E-state index contributed by atoms with van der Waals surface area (Å²) in [5, 5.41) is 11.7. The molecule has 168 valence electrons. The Morgan fingerprint density at radius 1 is 1.10 bits per heavy atom. The van der Waals surface area contributed by atoms with Crippen LogP contribution in [0.3, 0.4) is 0 Å². The average Bonchev–Trinajstić information content (AvgIpc) is 2.63. The number of likely N-dealkylation sites (N-methyl/N-ethyl adjacent to an activating group) is 1. The van der Waals surface area contributed by atoms with Crippen molar-refractivity contribution in [1.29, 1.82) is 0 Å². The van der Waals surface area contributed by atoms with Gasteiger partial charge >= 0.3 is 0 Å². The number of carbonyl (C=O) groups is 3. The molecule has 1 saturated carbocycles. The molecule has 0 radical (unpaired) electrons. The van der Waals surface area contributed by atoms with Crippen LogP contribution in [-0.4, -0.2) is 47.0 Å². The van der Waals surface area contributed by atoms with Crippen LogP contribution < -0.4 is 10.8 Å². The summed E-state index contributed by atoms with van der Waals surface area (Å²) >= 11 is 0. The highest BCUT2D eigenvalue weighted by atomic mass is 16.5. The molecule has 29 heavy (non-hydrogen) atoms. The summed E-state index contributed by atoms with van der Waals surface area (Å²) in [7, 11) is 1.59. The van der Waals surface area contributed by atoms with E-state index in [0.29, 0.717) is 12.3 Å². The maximum absolute atomic E-state index is 13.8. The lowest BCUT2D eigenvalue weighted by molar-refractivity contribution is -0.154. The SMILES string of the molecule is CNC(=O)C(N(C(=O)[C@H](CC(=O)NO)CC(C)C)C1CCC(C)CC1)C(C)(C)C. The summed E-state index contributed by atoms with van der Waals surface area (Å²) in [5.74, 6) is -0.672. The van der Waals surface area contributed by atoms with Crippen LogP contribution in [-0.2, 0) is 14.4 Å². The molecule has 0 aliphatic heterocycles. The van der Waals surface area contributed by atoms with Crippen LogP contribution in [0.25, 0.3) is 0 Å². The van der Waals surface area contributed by atoms with E-state index in [1.54, 1.807) is 17.4 Å². The van der Waals surface area contributed by atoms with E-state index in [4.69, 9.17) is 5.21 Å². The van der Waals surface area contributed by atoms with Gasteiger partial charge in [0, 0.05) is 25.4 Å². The van der Waals surface area contributed by atoms with Crippen molar-refractivity contribution in [2.45, 2.75) is 92.2 Å². The first-order valence-corrected chi connectivity index (χ1v) is 10.9. The maximum atomic E-state index is 13.8. The van der Waals surface area contributed by atoms with Gasteiger partial charge in [-0.1, -0.05) is 41.5 Å². The van der Waals surface area contributed by atoms with Crippen molar-refractivity contribution in [2.24, 2.45) is 23.2 Å². The van der Waals surface area contributed by atoms with Gasteiger partial charge in [-0.25, -0.2) is 5.48 Å². The molecule has 0 aromatic heterocycles.